The smallest absolute Gasteiger partial charge is 0.253 e. The zero-order valence-electron chi connectivity index (χ0n) is 22.5. The molecular formula is C27H39N8O2P. The minimum Gasteiger partial charge on any atom is -0.382 e. The monoisotopic (exact) mass is 538 g/mol. The van der Waals surface area contributed by atoms with E-state index in [4.69, 9.17) is 11.5 Å². The molecule has 204 valence electrons. The topological polar surface area (TPSA) is 142 Å². The molecule has 1 fully saturated rings. The van der Waals surface area contributed by atoms with Gasteiger partial charge in [-0.15, -0.1) is 0 Å². The second-order valence-electron chi connectivity index (χ2n) is 9.67. The molecule has 0 radical (unpaired) electrons. The van der Waals surface area contributed by atoms with Crippen molar-refractivity contribution in [3.8, 4) is 0 Å². The van der Waals surface area contributed by atoms with E-state index in [9.17, 15) is 9.59 Å². The number of amides is 2. The molecule has 2 amide bonds. The number of likely N-dealkylation sites (N-methyl/N-ethyl adjacent to an activating group) is 1. The molecule has 1 aromatic carbocycles. The maximum Gasteiger partial charge on any atom is 0.253 e. The van der Waals surface area contributed by atoms with E-state index in [-0.39, 0.29) is 24.4 Å². The van der Waals surface area contributed by atoms with E-state index in [1.165, 1.54) is 10.7 Å². The van der Waals surface area contributed by atoms with Crippen molar-refractivity contribution < 1.29 is 9.59 Å². The quantitative estimate of drug-likeness (QED) is 0.348. The summed E-state index contributed by atoms with van der Waals surface area (Å²) in [5.41, 5.74) is 16.6. The van der Waals surface area contributed by atoms with Crippen molar-refractivity contribution in [2.45, 2.75) is 39.7 Å². The number of nitrogens with two attached hydrogens (primary N) is 2. The predicted molar refractivity (Wildman–Crippen MR) is 157 cm³/mol. The molecule has 6 N–H and O–H groups in total. The molecule has 1 unspecified atom stereocenters. The molecule has 4 rings (SSSR count). The summed E-state index contributed by atoms with van der Waals surface area (Å²) in [7, 11) is -0.993. The van der Waals surface area contributed by atoms with Crippen LogP contribution in [0.1, 0.15) is 48.4 Å². The van der Waals surface area contributed by atoms with Crippen LogP contribution in [-0.2, 0) is 4.79 Å². The van der Waals surface area contributed by atoms with E-state index in [0.717, 1.165) is 36.9 Å². The van der Waals surface area contributed by atoms with Gasteiger partial charge in [0.1, 0.15) is 5.69 Å². The van der Waals surface area contributed by atoms with E-state index in [0.29, 0.717) is 42.4 Å². The Kier molecular flexibility index (Phi) is 8.74. The zero-order valence-corrected chi connectivity index (χ0v) is 23.5. The highest BCUT2D eigenvalue weighted by Gasteiger charge is 2.29. The van der Waals surface area contributed by atoms with Gasteiger partial charge >= 0.3 is 0 Å². The molecule has 11 heteroatoms. The van der Waals surface area contributed by atoms with E-state index in [1.54, 1.807) is 6.20 Å². The Balaban J connectivity index is 1.48. The van der Waals surface area contributed by atoms with Crippen molar-refractivity contribution in [1.82, 2.24) is 25.5 Å². The number of nitrogen functional groups attached to an aromatic ring is 1. The number of fused-ring (bicyclic) bond motifs is 1. The third kappa shape index (κ3) is 5.71. The van der Waals surface area contributed by atoms with Crippen LogP contribution >= 0.6 is 7.55 Å². The number of anilines is 2. The summed E-state index contributed by atoms with van der Waals surface area (Å²) in [5, 5.41) is 7.70. The standard InChI is InChI=1S/C27H39N8O2P/c1-5-35-21-13-19(27(37)34-11-9-20(10-12-34)33-23(36)14-28)7-8-22(21)38(6-2)24(35)16-30-18(4)25-26(29)31-15-17(3)32-25/h7-8,13,15,20,30,38H,4-6,9-12,14,16,28H2,1-3H3,(H2,29,31)(H,33,36). The molecule has 38 heavy (non-hydrogen) atoms. The summed E-state index contributed by atoms with van der Waals surface area (Å²) in [4.78, 5) is 37.9. The number of hydrogen-bond donors (Lipinski definition) is 4. The van der Waals surface area contributed by atoms with Gasteiger partial charge in [0.15, 0.2) is 5.82 Å². The van der Waals surface area contributed by atoms with E-state index < -0.39 is 7.55 Å². The van der Waals surface area contributed by atoms with Gasteiger partial charge in [0, 0.05) is 42.3 Å². The minimum absolute atomic E-state index is 0.0138. The Bertz CT molecular complexity index is 1270. The third-order valence-electron chi connectivity index (χ3n) is 7.21. The molecule has 0 bridgehead atoms. The number of benzene rings is 1. The highest BCUT2D eigenvalue weighted by molar-refractivity contribution is 7.68. The van der Waals surface area contributed by atoms with E-state index in [2.05, 4.69) is 58.1 Å². The molecular weight excluding hydrogens is 499 g/mol. The molecule has 1 atom stereocenters. The fourth-order valence-corrected chi connectivity index (χ4v) is 8.05. The summed E-state index contributed by atoms with van der Waals surface area (Å²) < 4.78 is 0. The van der Waals surface area contributed by atoms with Gasteiger partial charge in [-0.1, -0.05) is 27.1 Å². The number of nitrogens with one attached hydrogen (secondary N) is 2. The van der Waals surface area contributed by atoms with Crippen LogP contribution in [0.3, 0.4) is 0 Å². The molecule has 0 saturated carbocycles. The average Bonchev–Trinajstić information content (AvgIpc) is 3.24. The largest absolute Gasteiger partial charge is 0.382 e. The first kappa shape index (κ1) is 27.7. The molecule has 2 aromatic rings. The lowest BCUT2D eigenvalue weighted by Crippen LogP contribution is -2.47. The summed E-state index contributed by atoms with van der Waals surface area (Å²) in [6.07, 6.45) is 4.15. The minimum atomic E-state index is -0.993. The molecule has 3 heterocycles. The van der Waals surface area contributed by atoms with Crippen molar-refractivity contribution in [2.24, 2.45) is 5.73 Å². The van der Waals surface area contributed by atoms with Crippen LogP contribution in [0.25, 0.3) is 5.70 Å². The lowest BCUT2D eigenvalue weighted by Gasteiger charge is -2.32. The fraction of sp³-hybridized carbons (Fsp3) is 0.444. The van der Waals surface area contributed by atoms with Crippen molar-refractivity contribution >= 4 is 47.3 Å². The Hall–Kier alpha value is -3.36. The van der Waals surface area contributed by atoms with Gasteiger partial charge in [-0.2, -0.15) is 0 Å². The number of carbonyl (C=O) groups excluding carboxylic acids is 2. The van der Waals surface area contributed by atoms with Crippen LogP contribution < -0.4 is 32.3 Å². The van der Waals surface area contributed by atoms with Crippen LogP contribution in [0.2, 0.25) is 0 Å². The number of aromatic nitrogens is 2. The van der Waals surface area contributed by atoms with Crippen LogP contribution in [0.5, 0.6) is 0 Å². The van der Waals surface area contributed by atoms with Gasteiger partial charge in [-0.3, -0.25) is 9.59 Å². The van der Waals surface area contributed by atoms with Crippen LogP contribution in [0.15, 0.2) is 31.0 Å². The highest BCUT2D eigenvalue weighted by Crippen LogP contribution is 2.38. The van der Waals surface area contributed by atoms with E-state index >= 15 is 0 Å². The first-order valence-electron chi connectivity index (χ1n) is 13.2. The molecule has 0 aliphatic carbocycles. The van der Waals surface area contributed by atoms with Crippen molar-refractivity contribution in [3.63, 3.8) is 0 Å². The molecule has 1 saturated heterocycles. The second-order valence-corrected chi connectivity index (χ2v) is 12.5. The van der Waals surface area contributed by atoms with Crippen LogP contribution in [0.4, 0.5) is 11.5 Å². The van der Waals surface area contributed by atoms with Gasteiger partial charge in [0.05, 0.1) is 30.7 Å². The first-order chi connectivity index (χ1) is 18.3. The molecule has 2 aliphatic rings. The number of piperidine rings is 1. The summed E-state index contributed by atoms with van der Waals surface area (Å²) >= 11 is 0. The van der Waals surface area contributed by atoms with Gasteiger partial charge in [0.25, 0.3) is 5.91 Å². The Labute approximate surface area is 225 Å². The number of hydrogen-bond acceptors (Lipinski definition) is 8. The van der Waals surface area contributed by atoms with E-state index in [1.807, 2.05) is 17.9 Å². The highest BCUT2D eigenvalue weighted by atomic mass is 31.1. The maximum absolute atomic E-state index is 13.4. The van der Waals surface area contributed by atoms with Crippen LogP contribution in [0, 0.1) is 6.92 Å². The van der Waals surface area contributed by atoms with Gasteiger partial charge in [0.2, 0.25) is 5.91 Å². The molecule has 10 nitrogen and oxygen atoms in total. The number of rotatable bonds is 9. The van der Waals surface area contributed by atoms with Gasteiger partial charge in [-0.05, 0) is 50.3 Å². The lowest BCUT2D eigenvalue weighted by molar-refractivity contribution is -0.120. The number of likely N-dealkylation sites (tertiary alicyclic amines) is 1. The SMILES string of the molecule is C=C(NCC1=[PH](CC)c2ccc(C(=O)N3CCC(NC(=O)CN)CC3)cc2N1CC)c1nc(C)cnc1N. The number of carbonyl (C=O) groups is 2. The first-order valence-corrected chi connectivity index (χ1v) is 14.9. The van der Waals surface area contributed by atoms with Gasteiger partial charge in [-0.25, -0.2) is 9.97 Å². The molecule has 2 aliphatic heterocycles. The van der Waals surface area contributed by atoms with Crippen molar-refractivity contribution in [3.05, 3.63) is 47.9 Å². The van der Waals surface area contributed by atoms with Crippen LogP contribution in [-0.4, -0.2) is 77.0 Å². The summed E-state index contributed by atoms with van der Waals surface area (Å²) in [5.74, 6) is 0.239. The predicted octanol–water partition coefficient (Wildman–Crippen LogP) is 1.14. The zero-order chi connectivity index (χ0) is 27.4. The number of aryl methyl sites for hydroxylation is 1. The third-order valence-corrected chi connectivity index (χ3v) is 10.1. The fourth-order valence-electron chi connectivity index (χ4n) is 5.24. The van der Waals surface area contributed by atoms with Crippen molar-refractivity contribution in [1.29, 1.82) is 0 Å². The number of nitrogens with zero attached hydrogens (tertiary/aromatic N) is 4. The normalized spacial score (nSPS) is 17.4. The Morgan fingerprint density at radius 1 is 1.24 bits per heavy atom. The molecule has 0 spiro atoms. The average molecular weight is 539 g/mol. The second kappa shape index (κ2) is 12.0. The molecule has 1 aromatic heterocycles. The maximum atomic E-state index is 13.4. The summed E-state index contributed by atoms with van der Waals surface area (Å²) in [6.45, 7) is 13.0. The van der Waals surface area contributed by atoms with Gasteiger partial charge < -0.3 is 31.9 Å². The summed E-state index contributed by atoms with van der Waals surface area (Å²) in [6, 6.07) is 6.23. The lowest BCUT2D eigenvalue weighted by atomic mass is 10.0. The Morgan fingerprint density at radius 3 is 2.63 bits per heavy atom. The Morgan fingerprint density at radius 2 is 1.97 bits per heavy atom. The van der Waals surface area contributed by atoms with Crippen molar-refractivity contribution in [2.75, 3.05) is 49.5 Å².